The summed E-state index contributed by atoms with van der Waals surface area (Å²) in [5, 5.41) is 9.43. The summed E-state index contributed by atoms with van der Waals surface area (Å²) in [6.45, 7) is 9.45. The molecule has 0 N–H and O–H groups in total. The fourth-order valence-corrected chi connectivity index (χ4v) is 2.99. The van der Waals surface area contributed by atoms with Crippen LogP contribution in [-0.4, -0.2) is 17.6 Å². The minimum atomic E-state index is -0.627. The normalized spacial score (nSPS) is 11.4. The van der Waals surface area contributed by atoms with Gasteiger partial charge in [-0.1, -0.05) is 26.0 Å². The van der Waals surface area contributed by atoms with Crippen LogP contribution in [0.15, 0.2) is 35.9 Å². The van der Waals surface area contributed by atoms with Crippen molar-refractivity contribution in [3.63, 3.8) is 0 Å². The second-order valence-electron chi connectivity index (χ2n) is 7.26. The number of rotatable bonds is 8. The molecular weight excluding hydrogens is 352 g/mol. The molecule has 0 amide bonds. The summed E-state index contributed by atoms with van der Waals surface area (Å²) in [6, 6.07) is 11.3. The first kappa shape index (κ1) is 21.3. The van der Waals surface area contributed by atoms with Crippen LogP contribution in [0.25, 0.3) is 6.08 Å². The van der Waals surface area contributed by atoms with Gasteiger partial charge in [0.1, 0.15) is 24.0 Å². The molecule has 1 aromatic heterocycles. The number of ether oxygens (including phenoxy) is 2. The first-order valence-corrected chi connectivity index (χ1v) is 9.44. The van der Waals surface area contributed by atoms with Crippen LogP contribution in [-0.2, 0) is 22.7 Å². The van der Waals surface area contributed by atoms with E-state index in [0.717, 1.165) is 35.5 Å². The fourth-order valence-electron chi connectivity index (χ4n) is 2.99. The van der Waals surface area contributed by atoms with Crippen LogP contribution in [0, 0.1) is 31.1 Å². The van der Waals surface area contributed by atoms with Gasteiger partial charge in [0, 0.05) is 17.9 Å². The molecule has 28 heavy (non-hydrogen) atoms. The van der Waals surface area contributed by atoms with Crippen LogP contribution in [0.3, 0.4) is 0 Å². The Hall–Kier alpha value is -3.00. The molecular formula is C23H28N2O3. The van der Waals surface area contributed by atoms with Crippen molar-refractivity contribution in [3.8, 4) is 11.8 Å². The summed E-state index contributed by atoms with van der Waals surface area (Å²) in [6.07, 6.45) is 2.69. The number of methoxy groups -OCH3 is 1. The van der Waals surface area contributed by atoms with Gasteiger partial charge >= 0.3 is 5.97 Å². The number of nitrogens with zero attached hydrogens (tertiary/aromatic N) is 2. The summed E-state index contributed by atoms with van der Waals surface area (Å²) < 4.78 is 12.7. The van der Waals surface area contributed by atoms with E-state index < -0.39 is 5.97 Å². The minimum Gasteiger partial charge on any atom is -0.497 e. The number of nitriles is 1. The summed E-state index contributed by atoms with van der Waals surface area (Å²) in [5.41, 5.74) is 3.83. The maximum Gasteiger partial charge on any atom is 0.349 e. The molecule has 2 rings (SSSR count). The van der Waals surface area contributed by atoms with Gasteiger partial charge in [0.25, 0.3) is 0 Å². The number of esters is 1. The molecule has 1 aromatic carbocycles. The molecule has 5 nitrogen and oxygen atoms in total. The predicted octanol–water partition coefficient (Wildman–Crippen LogP) is 4.81. The van der Waals surface area contributed by atoms with E-state index in [0.29, 0.717) is 11.7 Å². The molecule has 148 valence electrons. The molecule has 0 spiro atoms. The Kier molecular flexibility index (Phi) is 7.45. The first-order valence-electron chi connectivity index (χ1n) is 9.44. The Bertz CT molecular complexity index is 901. The maximum atomic E-state index is 12.4. The zero-order chi connectivity index (χ0) is 20.7. The highest BCUT2D eigenvalue weighted by molar-refractivity contribution is 5.98. The van der Waals surface area contributed by atoms with Crippen molar-refractivity contribution < 1.29 is 14.3 Å². The lowest BCUT2D eigenvalue weighted by atomic mass is 10.1. The summed E-state index contributed by atoms with van der Waals surface area (Å²) >= 11 is 0. The van der Waals surface area contributed by atoms with E-state index in [1.807, 2.05) is 44.2 Å². The molecule has 0 radical (unpaired) electrons. The highest BCUT2D eigenvalue weighted by Gasteiger charge is 2.14. The van der Waals surface area contributed by atoms with Gasteiger partial charge in [0.05, 0.1) is 7.11 Å². The lowest BCUT2D eigenvalue weighted by Gasteiger charge is -2.11. The van der Waals surface area contributed by atoms with Gasteiger partial charge in [-0.05, 0) is 61.6 Å². The number of carbonyl (C=O) groups excluding carboxylic acids is 1. The number of aryl methyl sites for hydroxylation is 1. The highest BCUT2D eigenvalue weighted by Crippen LogP contribution is 2.20. The second-order valence-corrected chi connectivity index (χ2v) is 7.26. The van der Waals surface area contributed by atoms with Gasteiger partial charge < -0.3 is 14.0 Å². The third-order valence-corrected chi connectivity index (χ3v) is 4.69. The molecule has 0 saturated heterocycles. The highest BCUT2D eigenvalue weighted by atomic mass is 16.5. The molecule has 0 unspecified atom stereocenters. The Balaban J connectivity index is 2.13. The summed E-state index contributed by atoms with van der Waals surface area (Å²) in [7, 11) is 1.58. The number of carbonyl (C=O) groups is 1. The van der Waals surface area contributed by atoms with E-state index in [-0.39, 0.29) is 12.2 Å². The molecule has 0 saturated carbocycles. The van der Waals surface area contributed by atoms with Crippen molar-refractivity contribution in [2.45, 2.75) is 47.3 Å². The largest absolute Gasteiger partial charge is 0.497 e. The lowest BCUT2D eigenvalue weighted by Crippen LogP contribution is -2.07. The van der Waals surface area contributed by atoms with Crippen LogP contribution in [0.1, 0.15) is 42.8 Å². The van der Waals surface area contributed by atoms with E-state index >= 15 is 0 Å². The molecule has 0 aliphatic rings. The quantitative estimate of drug-likeness (QED) is 0.374. The third-order valence-electron chi connectivity index (χ3n) is 4.69. The van der Waals surface area contributed by atoms with Crippen molar-refractivity contribution in [1.29, 1.82) is 5.26 Å². The van der Waals surface area contributed by atoms with Crippen LogP contribution in [0.5, 0.6) is 5.75 Å². The number of benzene rings is 1. The number of hydrogen-bond donors (Lipinski definition) is 0. The molecule has 0 atom stereocenters. The van der Waals surface area contributed by atoms with Crippen molar-refractivity contribution in [3.05, 3.63) is 58.4 Å². The van der Waals surface area contributed by atoms with E-state index in [4.69, 9.17) is 9.47 Å². The van der Waals surface area contributed by atoms with E-state index in [1.165, 1.54) is 0 Å². The molecule has 0 aliphatic carbocycles. The van der Waals surface area contributed by atoms with Crippen molar-refractivity contribution >= 4 is 12.0 Å². The molecule has 0 aliphatic heterocycles. The third kappa shape index (κ3) is 5.50. The molecule has 5 heteroatoms. The Morgan fingerprint density at radius 2 is 2.04 bits per heavy atom. The van der Waals surface area contributed by atoms with Crippen LogP contribution >= 0.6 is 0 Å². The monoisotopic (exact) mass is 380 g/mol. The maximum absolute atomic E-state index is 12.4. The van der Waals surface area contributed by atoms with Gasteiger partial charge in [-0.15, -0.1) is 0 Å². The van der Waals surface area contributed by atoms with Gasteiger partial charge in [0.15, 0.2) is 0 Å². The van der Waals surface area contributed by atoms with Crippen molar-refractivity contribution in [2.75, 3.05) is 7.11 Å². The average molecular weight is 380 g/mol. The second kappa shape index (κ2) is 9.80. The number of hydrogen-bond acceptors (Lipinski definition) is 4. The fraction of sp³-hybridized carbons (Fsp3) is 0.391. The smallest absolute Gasteiger partial charge is 0.349 e. The Labute approximate surface area is 167 Å². The van der Waals surface area contributed by atoms with Crippen LogP contribution in [0.4, 0.5) is 0 Å². The Morgan fingerprint density at radius 3 is 2.68 bits per heavy atom. The Morgan fingerprint density at radius 1 is 1.29 bits per heavy atom. The zero-order valence-corrected chi connectivity index (χ0v) is 17.3. The predicted molar refractivity (Wildman–Crippen MR) is 110 cm³/mol. The SMILES string of the molecule is COc1cccc(COC(=O)C(C#N)=Cc2cc(C)n(CCC(C)C)c2C)c1. The van der Waals surface area contributed by atoms with E-state index in [2.05, 4.69) is 18.4 Å². The molecule has 1 heterocycles. The van der Waals surface area contributed by atoms with Gasteiger partial charge in [-0.3, -0.25) is 0 Å². The topological polar surface area (TPSA) is 64.2 Å². The molecule has 0 fully saturated rings. The van der Waals surface area contributed by atoms with Gasteiger partial charge in [0.2, 0.25) is 0 Å². The molecule has 0 bridgehead atoms. The molecule has 2 aromatic rings. The van der Waals surface area contributed by atoms with Crippen molar-refractivity contribution in [2.24, 2.45) is 5.92 Å². The van der Waals surface area contributed by atoms with Crippen LogP contribution < -0.4 is 4.74 Å². The average Bonchev–Trinajstić information content (AvgIpc) is 2.95. The lowest BCUT2D eigenvalue weighted by molar-refractivity contribution is -0.139. The zero-order valence-electron chi connectivity index (χ0n) is 17.3. The minimum absolute atomic E-state index is 0.00740. The standard InChI is InChI=1S/C23H28N2O3/c1-16(2)9-10-25-17(3)11-20(18(25)4)13-21(14-24)23(26)28-15-19-7-6-8-22(12-19)27-5/h6-8,11-13,16H,9-10,15H2,1-5H3. The summed E-state index contributed by atoms with van der Waals surface area (Å²) in [5.74, 6) is 0.678. The van der Waals surface area contributed by atoms with E-state index in [1.54, 1.807) is 19.3 Å². The first-order chi connectivity index (χ1) is 13.3. The summed E-state index contributed by atoms with van der Waals surface area (Å²) in [4.78, 5) is 12.4. The van der Waals surface area contributed by atoms with Crippen LogP contribution in [0.2, 0.25) is 0 Å². The van der Waals surface area contributed by atoms with Gasteiger partial charge in [-0.25, -0.2) is 4.79 Å². The number of aromatic nitrogens is 1. The van der Waals surface area contributed by atoms with Gasteiger partial charge in [-0.2, -0.15) is 5.26 Å². The van der Waals surface area contributed by atoms with Crippen molar-refractivity contribution in [1.82, 2.24) is 4.57 Å². The van der Waals surface area contributed by atoms with E-state index in [9.17, 15) is 10.1 Å².